The Bertz CT molecular complexity index is 2700. The molecule has 0 radical (unpaired) electrons. The van der Waals surface area contributed by atoms with Gasteiger partial charge in [-0.3, -0.25) is 4.31 Å². The second kappa shape index (κ2) is 17.2. The van der Waals surface area contributed by atoms with Gasteiger partial charge in [-0.1, -0.05) is 243 Å². The van der Waals surface area contributed by atoms with Crippen molar-refractivity contribution in [3.8, 4) is 0 Å². The van der Waals surface area contributed by atoms with Crippen molar-refractivity contribution in [2.75, 3.05) is 13.3 Å². The molecule has 0 aromatic heterocycles. The summed E-state index contributed by atoms with van der Waals surface area (Å²) in [6.45, 7) is 4.28. The Morgan fingerprint density at radius 3 is 0.556 bits per heavy atom. The fraction of sp³-hybridized carbons (Fsp3) is 0.0400. The molecule has 0 spiro atoms. The zero-order valence-electron chi connectivity index (χ0n) is 34.9. The summed E-state index contributed by atoms with van der Waals surface area (Å²) in [6, 6.07) is 84.9. The Labute approximate surface area is 371 Å². The van der Waals surface area contributed by atoms with E-state index in [1.165, 1.54) is 0 Å². The maximum Gasteiger partial charge on any atom is 0.206 e. The van der Waals surface area contributed by atoms with Crippen molar-refractivity contribution in [1.29, 1.82) is 0 Å². The Morgan fingerprint density at radius 1 is 0.222 bits per heavy atom. The first-order chi connectivity index (χ1) is 30.8. The van der Waals surface area contributed by atoms with Crippen LogP contribution in [0.1, 0.15) is 0 Å². The summed E-state index contributed by atoms with van der Waals surface area (Å²) in [6.07, 6.45) is 0. The van der Waals surface area contributed by atoms with Gasteiger partial charge in [0.2, 0.25) is 14.9 Å². The smallest absolute Gasteiger partial charge is 0.206 e. The van der Waals surface area contributed by atoms with Gasteiger partial charge in [-0.2, -0.15) is 0 Å². The Hall–Kier alpha value is -4.90. The van der Waals surface area contributed by atoms with E-state index in [9.17, 15) is 0 Å². The molecule has 0 N–H and O–H groups in total. The van der Waals surface area contributed by atoms with Gasteiger partial charge >= 0.3 is 0 Å². The standard InChI is InChI=1S/C50H46N6OP6/c1-58(51-60(43-27-11-3-12-28-43,44-29-13-4-14-30-44)55-61(52-58,45-31-15-5-16-32-45)46-33-17-6-18-34-46)57-59(2)53-62(47-35-19-7-20-36-47,48-37-21-8-22-38-48)56-63(54-59,49-39-23-9-24-40-49)50-41-25-10-26-42-50/h3-42H,1-2H3. The first-order valence-electron chi connectivity index (χ1n) is 20.7. The van der Waals surface area contributed by atoms with E-state index >= 15 is 0 Å². The van der Waals surface area contributed by atoms with Crippen LogP contribution in [0, 0.1) is 0 Å². The van der Waals surface area contributed by atoms with Gasteiger partial charge in [0.05, 0.1) is 0 Å². The van der Waals surface area contributed by atoms with Gasteiger partial charge in [0.15, 0.2) is 0 Å². The normalized spacial score (nSPS) is 21.4. The third-order valence-corrected chi connectivity index (χ3v) is 35.2. The summed E-state index contributed by atoms with van der Waals surface area (Å²) in [5.41, 5.74) is 0. The molecule has 2 aliphatic rings. The molecule has 0 saturated heterocycles. The molecule has 0 amide bonds. The van der Waals surface area contributed by atoms with Gasteiger partial charge in [0.25, 0.3) is 0 Å². The topological polar surface area (TPSA) is 83.4 Å². The van der Waals surface area contributed by atoms with E-state index < -0.39 is 43.7 Å². The lowest BCUT2D eigenvalue weighted by atomic mass is 10.4. The molecule has 312 valence electrons. The molecule has 0 aliphatic carbocycles. The molecule has 63 heavy (non-hydrogen) atoms. The minimum atomic E-state index is -3.27. The lowest BCUT2D eigenvalue weighted by molar-refractivity contribution is 0.673. The Balaban J connectivity index is 1.39. The summed E-state index contributed by atoms with van der Waals surface area (Å²) < 4.78 is 44.6. The number of hydrogen-bond acceptors (Lipinski definition) is 7. The van der Waals surface area contributed by atoms with Gasteiger partial charge in [-0.15, -0.1) is 0 Å². The van der Waals surface area contributed by atoms with Crippen molar-refractivity contribution in [3.63, 3.8) is 0 Å². The average molecular weight is 933 g/mol. The SMILES string of the molecule is CP1(OP2(C)=NP(c3ccccc3)(c3ccccc3)=NP(c3ccccc3)(c3ccccc3)=N2)=NP(c2ccccc2)(c2ccccc2)=NP(c2ccccc2)(c2ccccc2)=N1. The highest BCUT2D eigenvalue weighted by atomic mass is 31.3. The van der Waals surface area contributed by atoms with Crippen LogP contribution < -0.4 is 42.4 Å². The van der Waals surface area contributed by atoms with Crippen molar-refractivity contribution in [3.05, 3.63) is 243 Å². The molecular formula is C50H46N6OP6. The van der Waals surface area contributed by atoms with Crippen LogP contribution in [0.4, 0.5) is 0 Å². The van der Waals surface area contributed by atoms with Crippen molar-refractivity contribution in [1.82, 2.24) is 0 Å². The molecule has 2 heterocycles. The van der Waals surface area contributed by atoms with Gasteiger partial charge < -0.3 is 0 Å². The van der Waals surface area contributed by atoms with Gasteiger partial charge in [-0.05, 0) is 0 Å². The number of benzene rings is 8. The largest absolute Gasteiger partial charge is 0.268 e. The van der Waals surface area contributed by atoms with E-state index in [-0.39, 0.29) is 0 Å². The Morgan fingerprint density at radius 2 is 0.381 bits per heavy atom. The molecule has 7 nitrogen and oxygen atoms in total. The number of rotatable bonds is 10. The second-order valence-electron chi connectivity index (χ2n) is 15.4. The van der Waals surface area contributed by atoms with E-state index in [2.05, 4.69) is 256 Å². The average Bonchev–Trinajstić information content (AvgIpc) is 3.35. The molecule has 2 unspecified atom stereocenters. The van der Waals surface area contributed by atoms with Gasteiger partial charge in [-0.25, -0.2) is 27.1 Å². The minimum Gasteiger partial charge on any atom is -0.268 e. The van der Waals surface area contributed by atoms with Crippen molar-refractivity contribution in [2.24, 2.45) is 27.1 Å². The van der Waals surface area contributed by atoms with Crippen molar-refractivity contribution >= 4 is 86.1 Å². The lowest BCUT2D eigenvalue weighted by Crippen LogP contribution is -2.21. The second-order valence-corrected chi connectivity index (χ2v) is 32.6. The van der Waals surface area contributed by atoms with Crippen molar-refractivity contribution in [2.45, 2.75) is 0 Å². The van der Waals surface area contributed by atoms with Crippen LogP contribution in [0.5, 0.6) is 0 Å². The number of hydrogen-bond donors (Lipinski definition) is 0. The molecule has 0 fully saturated rings. The van der Waals surface area contributed by atoms with Crippen molar-refractivity contribution < 1.29 is 4.31 Å². The van der Waals surface area contributed by atoms with Crippen LogP contribution in [0.15, 0.2) is 270 Å². The first kappa shape index (κ1) is 42.1. The number of nitrogens with zero attached hydrogens (tertiary/aromatic N) is 6. The third-order valence-electron chi connectivity index (χ3n) is 10.9. The predicted molar refractivity (Wildman–Crippen MR) is 278 cm³/mol. The van der Waals surface area contributed by atoms with Crippen LogP contribution >= 0.6 is 43.7 Å². The maximum absolute atomic E-state index is 8.05. The minimum absolute atomic E-state index is 1.05. The molecule has 0 bridgehead atoms. The Kier molecular flexibility index (Phi) is 11.5. The summed E-state index contributed by atoms with van der Waals surface area (Å²) >= 11 is 0. The highest BCUT2D eigenvalue weighted by Crippen LogP contribution is 2.84. The monoisotopic (exact) mass is 932 g/mol. The van der Waals surface area contributed by atoms with E-state index in [4.69, 9.17) is 31.4 Å². The lowest BCUT2D eigenvalue weighted by Gasteiger charge is -2.39. The van der Waals surface area contributed by atoms with E-state index in [1.807, 2.05) is 0 Å². The van der Waals surface area contributed by atoms with Crippen LogP contribution in [0.25, 0.3) is 0 Å². The molecule has 0 saturated carbocycles. The zero-order valence-corrected chi connectivity index (χ0v) is 40.2. The van der Waals surface area contributed by atoms with E-state index in [1.54, 1.807) is 0 Å². The maximum atomic E-state index is 8.05. The highest BCUT2D eigenvalue weighted by molar-refractivity contribution is 7.99. The highest BCUT2D eigenvalue weighted by Gasteiger charge is 2.45. The molecule has 2 atom stereocenters. The van der Waals surface area contributed by atoms with Gasteiger partial charge in [0, 0.05) is 55.8 Å². The van der Waals surface area contributed by atoms with E-state index in [0.29, 0.717) is 0 Å². The molecule has 8 aromatic carbocycles. The summed E-state index contributed by atoms with van der Waals surface area (Å²) in [4.78, 5) is 0. The summed E-state index contributed by atoms with van der Waals surface area (Å²) in [5.74, 6) is 0. The van der Waals surface area contributed by atoms with Crippen LogP contribution in [-0.2, 0) is 4.31 Å². The molecular weight excluding hydrogens is 886 g/mol. The quantitative estimate of drug-likeness (QED) is 0.126. The van der Waals surface area contributed by atoms with Crippen LogP contribution in [0.3, 0.4) is 0 Å². The molecule has 10 rings (SSSR count). The fourth-order valence-electron chi connectivity index (χ4n) is 8.31. The van der Waals surface area contributed by atoms with Crippen LogP contribution in [-0.4, -0.2) is 13.3 Å². The zero-order chi connectivity index (χ0) is 42.9. The summed E-state index contributed by atoms with van der Waals surface area (Å²) in [5, 5.41) is 8.44. The van der Waals surface area contributed by atoms with Crippen LogP contribution in [0.2, 0.25) is 0 Å². The summed E-state index contributed by atoms with van der Waals surface area (Å²) in [7, 11) is -18.6. The molecule has 2 aliphatic heterocycles. The fourth-order valence-corrected chi connectivity index (χ4v) is 38.3. The van der Waals surface area contributed by atoms with Gasteiger partial charge in [0.1, 0.15) is 28.8 Å². The molecule has 8 aromatic rings. The third kappa shape index (κ3) is 7.80. The molecule has 13 heteroatoms. The predicted octanol–water partition coefficient (Wildman–Crippen LogP) is 13.4. The first-order valence-corrected chi connectivity index (χ1v) is 31.6. The van der Waals surface area contributed by atoms with E-state index in [0.717, 1.165) is 42.4 Å².